The predicted octanol–water partition coefficient (Wildman–Crippen LogP) is 2.96. The Balaban J connectivity index is 2.82. The quantitative estimate of drug-likeness (QED) is 0.927. The lowest BCUT2D eigenvalue weighted by atomic mass is 10.1. The Morgan fingerprint density at radius 2 is 1.81 bits per heavy atom. The zero-order valence-corrected chi connectivity index (χ0v) is 13.9. The summed E-state index contributed by atoms with van der Waals surface area (Å²) in [6.45, 7) is 11.7. The Kier molecular flexibility index (Phi) is 5.53. The van der Waals surface area contributed by atoms with E-state index < -0.39 is 0 Å². The Hall–Kier alpha value is -1.84. The molecule has 4 heteroatoms. The van der Waals surface area contributed by atoms with Crippen LogP contribution in [0.25, 0.3) is 0 Å². The minimum Gasteiger partial charge on any atom is -0.351 e. The van der Waals surface area contributed by atoms with Gasteiger partial charge in [0.05, 0.1) is 0 Å². The van der Waals surface area contributed by atoms with E-state index in [2.05, 4.69) is 5.32 Å². The molecular weight excluding hydrogens is 264 g/mol. The highest BCUT2D eigenvalue weighted by Crippen LogP contribution is 2.22. The number of carbonyl (C=O) groups excluding carboxylic acids is 2. The van der Waals surface area contributed by atoms with E-state index in [1.807, 2.05) is 52.8 Å². The van der Waals surface area contributed by atoms with Gasteiger partial charge in [0.15, 0.2) is 0 Å². The van der Waals surface area contributed by atoms with Crippen molar-refractivity contribution in [1.29, 1.82) is 0 Å². The predicted molar refractivity (Wildman–Crippen MR) is 86.5 cm³/mol. The van der Waals surface area contributed by atoms with Crippen LogP contribution in [-0.2, 0) is 9.59 Å². The molecule has 0 spiro atoms. The van der Waals surface area contributed by atoms with Crippen LogP contribution in [0.2, 0.25) is 0 Å². The summed E-state index contributed by atoms with van der Waals surface area (Å²) in [4.78, 5) is 25.5. The minimum absolute atomic E-state index is 0.0425. The maximum absolute atomic E-state index is 11.9. The van der Waals surface area contributed by atoms with Gasteiger partial charge in [-0.3, -0.25) is 9.59 Å². The van der Waals surface area contributed by atoms with Gasteiger partial charge >= 0.3 is 0 Å². The van der Waals surface area contributed by atoms with E-state index in [4.69, 9.17) is 0 Å². The highest BCUT2D eigenvalue weighted by Gasteiger charge is 2.18. The number of hydrogen-bond acceptors (Lipinski definition) is 2. The number of carbonyl (C=O) groups is 2. The first-order valence-electron chi connectivity index (χ1n) is 7.26. The average Bonchev–Trinajstić information content (AvgIpc) is 2.31. The van der Waals surface area contributed by atoms with Crippen molar-refractivity contribution in [2.24, 2.45) is 0 Å². The molecule has 1 aromatic rings. The van der Waals surface area contributed by atoms with Crippen LogP contribution < -0.4 is 10.2 Å². The largest absolute Gasteiger partial charge is 0.351 e. The van der Waals surface area contributed by atoms with Crippen molar-refractivity contribution in [2.75, 3.05) is 11.4 Å². The first-order chi connectivity index (χ1) is 9.60. The topological polar surface area (TPSA) is 49.4 Å². The monoisotopic (exact) mass is 290 g/mol. The summed E-state index contributed by atoms with van der Waals surface area (Å²) >= 11 is 0. The number of nitrogens with one attached hydrogen (secondary N) is 1. The summed E-state index contributed by atoms with van der Waals surface area (Å²) in [5.41, 5.74) is 2.76. The molecule has 0 radical (unpaired) electrons. The molecule has 4 nitrogen and oxygen atoms in total. The highest BCUT2D eigenvalue weighted by molar-refractivity contribution is 5.93. The number of nitrogens with zero attached hydrogens (tertiary/aromatic N) is 1. The lowest BCUT2D eigenvalue weighted by Gasteiger charge is -2.25. The van der Waals surface area contributed by atoms with Gasteiger partial charge in [0, 0.05) is 31.1 Å². The van der Waals surface area contributed by atoms with Crippen LogP contribution in [0, 0.1) is 13.8 Å². The van der Waals surface area contributed by atoms with Crippen molar-refractivity contribution in [1.82, 2.24) is 5.32 Å². The Labute approximate surface area is 127 Å². The molecule has 1 aromatic carbocycles. The lowest BCUT2D eigenvalue weighted by molar-refractivity contribution is -0.122. The van der Waals surface area contributed by atoms with Crippen molar-refractivity contribution in [3.05, 3.63) is 29.3 Å². The zero-order valence-electron chi connectivity index (χ0n) is 13.9. The molecule has 1 N–H and O–H groups in total. The number of rotatable bonds is 4. The van der Waals surface area contributed by atoms with E-state index in [1.165, 1.54) is 6.92 Å². The smallest absolute Gasteiger partial charge is 0.223 e. The Morgan fingerprint density at radius 3 is 2.33 bits per heavy atom. The molecule has 0 aromatic heterocycles. The maximum atomic E-state index is 11.9. The fourth-order valence-corrected chi connectivity index (χ4v) is 2.15. The van der Waals surface area contributed by atoms with Crippen LogP contribution in [0.4, 0.5) is 5.69 Å². The molecule has 0 aliphatic heterocycles. The first-order valence-corrected chi connectivity index (χ1v) is 7.26. The number of hydrogen-bond donors (Lipinski definition) is 1. The van der Waals surface area contributed by atoms with Crippen molar-refractivity contribution in [3.8, 4) is 0 Å². The number of aryl methyl sites for hydroxylation is 2. The van der Waals surface area contributed by atoms with Crippen molar-refractivity contribution in [2.45, 2.75) is 53.5 Å². The number of benzene rings is 1. The van der Waals surface area contributed by atoms with Crippen LogP contribution >= 0.6 is 0 Å². The Morgan fingerprint density at radius 1 is 1.19 bits per heavy atom. The molecule has 1 rings (SSSR count). The molecule has 21 heavy (non-hydrogen) atoms. The van der Waals surface area contributed by atoms with Gasteiger partial charge in [-0.1, -0.05) is 12.1 Å². The van der Waals surface area contributed by atoms with Crippen LogP contribution in [0.1, 0.15) is 45.2 Å². The van der Waals surface area contributed by atoms with Crippen LogP contribution in [0.5, 0.6) is 0 Å². The standard InChI is InChI=1S/C17H26N2O2/c1-12-7-8-13(2)15(11-12)19(14(3)20)10-9-16(21)18-17(4,5)6/h7-8,11H,9-10H2,1-6H3,(H,18,21). The second-order valence-corrected chi connectivity index (χ2v) is 6.51. The molecule has 0 bridgehead atoms. The van der Waals surface area contributed by atoms with Crippen molar-refractivity contribution >= 4 is 17.5 Å². The average molecular weight is 290 g/mol. The van der Waals surface area contributed by atoms with Gasteiger partial charge in [-0.15, -0.1) is 0 Å². The Bertz CT molecular complexity index is 530. The van der Waals surface area contributed by atoms with Gasteiger partial charge in [0.25, 0.3) is 0 Å². The van der Waals surface area contributed by atoms with Crippen molar-refractivity contribution < 1.29 is 9.59 Å². The van der Waals surface area contributed by atoms with Crippen molar-refractivity contribution in [3.63, 3.8) is 0 Å². The van der Waals surface area contributed by atoms with Gasteiger partial charge in [-0.2, -0.15) is 0 Å². The molecule has 0 fully saturated rings. The SMILES string of the molecule is CC(=O)N(CCC(=O)NC(C)(C)C)c1cc(C)ccc1C. The summed E-state index contributed by atoms with van der Waals surface area (Å²) < 4.78 is 0. The number of anilines is 1. The summed E-state index contributed by atoms with van der Waals surface area (Å²) in [6.07, 6.45) is 0.296. The third kappa shape index (κ3) is 5.58. The first kappa shape index (κ1) is 17.2. The summed E-state index contributed by atoms with van der Waals surface area (Å²) in [5.74, 6) is -0.0914. The molecule has 116 valence electrons. The molecule has 0 aliphatic rings. The second kappa shape index (κ2) is 6.74. The maximum Gasteiger partial charge on any atom is 0.223 e. The van der Waals surface area contributed by atoms with E-state index in [1.54, 1.807) is 4.90 Å². The normalized spacial score (nSPS) is 11.1. The zero-order chi connectivity index (χ0) is 16.2. The molecule has 0 unspecified atom stereocenters. The van der Waals surface area contributed by atoms with Crippen LogP contribution in [-0.4, -0.2) is 23.9 Å². The van der Waals surface area contributed by atoms with Gasteiger partial charge < -0.3 is 10.2 Å². The third-order valence-electron chi connectivity index (χ3n) is 3.11. The second-order valence-electron chi connectivity index (χ2n) is 6.51. The summed E-state index contributed by atoms with van der Waals surface area (Å²) in [7, 11) is 0. The summed E-state index contributed by atoms with van der Waals surface area (Å²) in [6, 6.07) is 6.00. The van der Waals surface area contributed by atoms with E-state index in [9.17, 15) is 9.59 Å². The van der Waals surface area contributed by atoms with Crippen LogP contribution in [0.15, 0.2) is 18.2 Å². The molecule has 2 amide bonds. The molecule has 0 aliphatic carbocycles. The highest BCUT2D eigenvalue weighted by atomic mass is 16.2. The van der Waals surface area contributed by atoms with E-state index in [0.29, 0.717) is 13.0 Å². The molecule has 0 saturated heterocycles. The van der Waals surface area contributed by atoms with Gasteiger partial charge in [-0.25, -0.2) is 0 Å². The fourth-order valence-electron chi connectivity index (χ4n) is 2.15. The van der Waals surface area contributed by atoms with Gasteiger partial charge in [-0.05, 0) is 51.8 Å². The molecule has 0 atom stereocenters. The minimum atomic E-state index is -0.253. The van der Waals surface area contributed by atoms with Gasteiger partial charge in [0.1, 0.15) is 0 Å². The van der Waals surface area contributed by atoms with Gasteiger partial charge in [0.2, 0.25) is 11.8 Å². The van der Waals surface area contributed by atoms with E-state index in [0.717, 1.165) is 16.8 Å². The van der Waals surface area contributed by atoms with Crippen LogP contribution in [0.3, 0.4) is 0 Å². The lowest BCUT2D eigenvalue weighted by Crippen LogP contribution is -2.42. The molecule has 0 saturated carbocycles. The van der Waals surface area contributed by atoms with E-state index in [-0.39, 0.29) is 17.4 Å². The molecule has 0 heterocycles. The number of amides is 2. The van der Waals surface area contributed by atoms with E-state index >= 15 is 0 Å². The fraction of sp³-hybridized carbons (Fsp3) is 0.529. The molecular formula is C17H26N2O2. The third-order valence-corrected chi connectivity index (χ3v) is 3.11. The summed E-state index contributed by atoms with van der Waals surface area (Å²) in [5, 5.41) is 2.91.